The second-order valence-electron chi connectivity index (χ2n) is 9.89. The molecule has 0 spiro atoms. The Morgan fingerprint density at radius 2 is 1.57 bits per heavy atom. The largest absolute Gasteiger partial charge is 0.495 e. The molecule has 0 radical (unpaired) electrons. The Morgan fingerprint density at radius 1 is 0.952 bits per heavy atom. The number of hydrogen-bond donors (Lipinski definition) is 3. The van der Waals surface area contributed by atoms with E-state index in [0.717, 1.165) is 11.1 Å². The SMILES string of the molecule is CCN(C/C=C/CN(CC)C(=O)N(C)C(C)CC(=O)O)C(=O)Cc1ccc(NC(=O)Nc2ccccc2C)c(OC)c1. The predicted molar refractivity (Wildman–Crippen MR) is 164 cm³/mol. The lowest BCUT2D eigenvalue weighted by Gasteiger charge is -2.30. The number of hydrogen-bond acceptors (Lipinski definition) is 5. The highest BCUT2D eigenvalue weighted by Crippen LogP contribution is 2.26. The number of carbonyl (C=O) groups excluding carboxylic acids is 3. The molecule has 0 bridgehead atoms. The number of carbonyl (C=O) groups is 4. The Morgan fingerprint density at radius 3 is 2.17 bits per heavy atom. The molecule has 11 nitrogen and oxygen atoms in total. The third kappa shape index (κ3) is 10.1. The van der Waals surface area contributed by atoms with Crippen molar-refractivity contribution in [2.24, 2.45) is 0 Å². The second kappa shape index (κ2) is 16.7. The highest BCUT2D eigenvalue weighted by Gasteiger charge is 2.22. The van der Waals surface area contributed by atoms with E-state index in [-0.39, 0.29) is 24.8 Å². The standard InChI is InChI=1S/C31H43N5O6/c1-7-35(17-11-12-18-36(8-2)31(41)34(5)23(4)19-29(38)39)28(37)21-24-15-16-26(27(20-24)42-6)33-30(40)32-25-14-10-9-13-22(25)3/h9-16,20,23H,7-8,17-19,21H2,1-6H3,(H,38,39)(H2,32,33,40)/b12-11+. The summed E-state index contributed by atoms with van der Waals surface area (Å²) in [4.78, 5) is 54.0. The fourth-order valence-corrected chi connectivity index (χ4v) is 4.18. The number of carboxylic acid groups (broad SMARTS) is 1. The number of benzene rings is 2. The average molecular weight is 582 g/mol. The zero-order chi connectivity index (χ0) is 31.2. The maximum absolute atomic E-state index is 13.0. The maximum Gasteiger partial charge on any atom is 0.323 e. The van der Waals surface area contributed by atoms with Gasteiger partial charge in [0, 0.05) is 45.0 Å². The lowest BCUT2D eigenvalue weighted by atomic mass is 10.1. The van der Waals surface area contributed by atoms with E-state index >= 15 is 0 Å². The smallest absolute Gasteiger partial charge is 0.323 e. The van der Waals surface area contributed by atoms with Gasteiger partial charge in [0.05, 0.1) is 25.6 Å². The zero-order valence-corrected chi connectivity index (χ0v) is 25.3. The van der Waals surface area contributed by atoms with Gasteiger partial charge in [-0.25, -0.2) is 9.59 Å². The molecule has 0 saturated carbocycles. The molecule has 2 aromatic rings. The first kappa shape index (κ1) is 33.7. The maximum atomic E-state index is 13.0. The number of aliphatic carboxylic acids is 1. The average Bonchev–Trinajstić information content (AvgIpc) is 2.95. The molecule has 0 saturated heterocycles. The molecule has 1 unspecified atom stereocenters. The molecule has 2 rings (SSSR count). The van der Waals surface area contributed by atoms with Crippen LogP contribution in [0.3, 0.4) is 0 Å². The topological polar surface area (TPSA) is 132 Å². The summed E-state index contributed by atoms with van der Waals surface area (Å²) in [5.41, 5.74) is 2.87. The minimum atomic E-state index is -0.957. The van der Waals surface area contributed by atoms with E-state index in [1.165, 1.54) is 12.0 Å². The first-order valence-corrected chi connectivity index (χ1v) is 14.0. The van der Waals surface area contributed by atoms with Crippen LogP contribution < -0.4 is 15.4 Å². The van der Waals surface area contributed by atoms with E-state index in [9.17, 15) is 19.2 Å². The molecule has 0 aromatic heterocycles. The number of amides is 5. The molecule has 42 heavy (non-hydrogen) atoms. The molecule has 11 heteroatoms. The van der Waals surface area contributed by atoms with Crippen molar-refractivity contribution in [3.8, 4) is 5.75 Å². The van der Waals surface area contributed by atoms with Gasteiger partial charge in [-0.1, -0.05) is 36.4 Å². The summed E-state index contributed by atoms with van der Waals surface area (Å²) in [6.45, 7) is 9.04. The van der Waals surface area contributed by atoms with Crippen LogP contribution in [-0.2, 0) is 16.0 Å². The molecule has 0 aliphatic carbocycles. The van der Waals surface area contributed by atoms with Crippen molar-refractivity contribution in [1.29, 1.82) is 0 Å². The predicted octanol–water partition coefficient (Wildman–Crippen LogP) is 4.83. The van der Waals surface area contributed by atoms with Crippen molar-refractivity contribution >= 4 is 35.3 Å². The van der Waals surface area contributed by atoms with Crippen molar-refractivity contribution in [2.45, 2.75) is 46.6 Å². The van der Waals surface area contributed by atoms with Crippen LogP contribution in [0.2, 0.25) is 0 Å². The lowest BCUT2D eigenvalue weighted by Crippen LogP contribution is -2.45. The summed E-state index contributed by atoms with van der Waals surface area (Å²) in [7, 11) is 3.10. The Balaban J connectivity index is 1.95. The highest BCUT2D eigenvalue weighted by molar-refractivity contribution is 6.01. The number of aryl methyl sites for hydroxylation is 1. The number of para-hydroxylation sites is 1. The van der Waals surface area contributed by atoms with Crippen molar-refractivity contribution in [3.05, 3.63) is 65.7 Å². The molecule has 1 atom stereocenters. The second-order valence-corrected chi connectivity index (χ2v) is 9.89. The van der Waals surface area contributed by atoms with Gasteiger partial charge in [-0.05, 0) is 57.0 Å². The summed E-state index contributed by atoms with van der Waals surface area (Å²) in [5.74, 6) is -0.593. The first-order valence-electron chi connectivity index (χ1n) is 14.0. The van der Waals surface area contributed by atoms with E-state index in [0.29, 0.717) is 43.3 Å². The number of likely N-dealkylation sites (N-methyl/N-ethyl adjacent to an activating group) is 2. The van der Waals surface area contributed by atoms with Crippen LogP contribution in [-0.4, -0.2) is 90.1 Å². The molecular weight excluding hydrogens is 538 g/mol. The number of anilines is 2. The summed E-state index contributed by atoms with van der Waals surface area (Å²) < 4.78 is 5.47. The number of ether oxygens (including phenoxy) is 1. The van der Waals surface area contributed by atoms with E-state index < -0.39 is 18.0 Å². The monoisotopic (exact) mass is 581 g/mol. The third-order valence-corrected chi connectivity index (χ3v) is 6.90. The van der Waals surface area contributed by atoms with Gasteiger partial charge in [0.1, 0.15) is 5.75 Å². The van der Waals surface area contributed by atoms with Gasteiger partial charge in [-0.3, -0.25) is 9.59 Å². The number of nitrogens with zero attached hydrogens (tertiary/aromatic N) is 3. The van der Waals surface area contributed by atoms with Gasteiger partial charge in [-0.15, -0.1) is 0 Å². The van der Waals surface area contributed by atoms with Crippen LogP contribution in [0, 0.1) is 6.92 Å². The fourth-order valence-electron chi connectivity index (χ4n) is 4.18. The van der Waals surface area contributed by atoms with E-state index in [4.69, 9.17) is 9.84 Å². The molecule has 0 heterocycles. The molecule has 0 aliphatic rings. The minimum absolute atomic E-state index is 0.0761. The summed E-state index contributed by atoms with van der Waals surface area (Å²) in [6, 6.07) is 11.6. The molecule has 3 N–H and O–H groups in total. The fraction of sp³-hybridized carbons (Fsp3) is 0.419. The van der Waals surface area contributed by atoms with Crippen LogP contribution in [0.1, 0.15) is 38.3 Å². The third-order valence-electron chi connectivity index (χ3n) is 6.90. The van der Waals surface area contributed by atoms with Crippen LogP contribution in [0.4, 0.5) is 21.0 Å². The van der Waals surface area contributed by atoms with Crippen LogP contribution in [0.15, 0.2) is 54.6 Å². The number of carboxylic acids is 1. The molecular formula is C31H43N5O6. The quantitative estimate of drug-likeness (QED) is 0.274. The zero-order valence-electron chi connectivity index (χ0n) is 25.3. The van der Waals surface area contributed by atoms with Crippen molar-refractivity contribution in [2.75, 3.05) is 51.0 Å². The van der Waals surface area contributed by atoms with Crippen molar-refractivity contribution < 1.29 is 29.0 Å². The Labute approximate surface area is 248 Å². The first-order chi connectivity index (χ1) is 20.0. The molecule has 5 amide bonds. The number of nitrogens with one attached hydrogen (secondary N) is 2. The van der Waals surface area contributed by atoms with E-state index in [2.05, 4.69) is 10.6 Å². The summed E-state index contributed by atoms with van der Waals surface area (Å²) in [6.07, 6.45) is 3.70. The molecule has 228 valence electrons. The summed E-state index contributed by atoms with van der Waals surface area (Å²) in [5, 5.41) is 14.6. The molecule has 2 aromatic carbocycles. The number of methoxy groups -OCH3 is 1. The Hall–Kier alpha value is -4.54. The van der Waals surface area contributed by atoms with Crippen LogP contribution in [0.25, 0.3) is 0 Å². The van der Waals surface area contributed by atoms with Gasteiger partial charge in [0.15, 0.2) is 0 Å². The molecule has 0 aliphatic heterocycles. The number of urea groups is 2. The summed E-state index contributed by atoms with van der Waals surface area (Å²) >= 11 is 0. The lowest BCUT2D eigenvalue weighted by molar-refractivity contribution is -0.138. The normalized spacial score (nSPS) is 11.5. The van der Waals surface area contributed by atoms with Gasteiger partial charge >= 0.3 is 18.0 Å². The van der Waals surface area contributed by atoms with E-state index in [1.807, 2.05) is 57.2 Å². The minimum Gasteiger partial charge on any atom is -0.495 e. The van der Waals surface area contributed by atoms with Gasteiger partial charge in [-0.2, -0.15) is 0 Å². The van der Waals surface area contributed by atoms with Crippen LogP contribution >= 0.6 is 0 Å². The van der Waals surface area contributed by atoms with Crippen molar-refractivity contribution in [3.63, 3.8) is 0 Å². The number of rotatable bonds is 14. The van der Waals surface area contributed by atoms with Gasteiger partial charge < -0.3 is 35.2 Å². The van der Waals surface area contributed by atoms with Crippen molar-refractivity contribution in [1.82, 2.24) is 14.7 Å². The van der Waals surface area contributed by atoms with Gasteiger partial charge in [0.2, 0.25) is 5.91 Å². The Kier molecular flexibility index (Phi) is 13.4. The van der Waals surface area contributed by atoms with Crippen LogP contribution in [0.5, 0.6) is 5.75 Å². The van der Waals surface area contributed by atoms with E-state index in [1.54, 1.807) is 42.0 Å². The Bertz CT molecular complexity index is 1260. The molecule has 0 fully saturated rings. The highest BCUT2D eigenvalue weighted by atomic mass is 16.5. The van der Waals surface area contributed by atoms with Gasteiger partial charge in [0.25, 0.3) is 0 Å².